The van der Waals surface area contributed by atoms with Crippen molar-refractivity contribution in [1.29, 1.82) is 0 Å². The van der Waals surface area contributed by atoms with E-state index in [1.54, 1.807) is 0 Å². The lowest BCUT2D eigenvalue weighted by molar-refractivity contribution is 0.446. The van der Waals surface area contributed by atoms with Crippen molar-refractivity contribution in [1.82, 2.24) is 0 Å². The van der Waals surface area contributed by atoms with Gasteiger partial charge in [0, 0.05) is 51.7 Å². The first-order valence-electron chi connectivity index (χ1n) is 24.6. The van der Waals surface area contributed by atoms with Crippen LogP contribution in [0.2, 0.25) is 0 Å². The normalized spacial score (nSPS) is 14.0. The molecule has 1 aliphatic rings. The Morgan fingerprint density at radius 2 is 0.638 bits per heavy atom. The molecule has 0 aliphatic heterocycles. The maximum atomic E-state index is 2.42. The van der Waals surface area contributed by atoms with E-state index < -0.39 is 0 Å². The molecule has 0 atom stereocenters. The summed E-state index contributed by atoms with van der Waals surface area (Å²) in [6, 6.07) is 93.1. The molecule has 11 rings (SSSR count). The van der Waals surface area contributed by atoms with Crippen LogP contribution < -0.4 is 9.80 Å². The van der Waals surface area contributed by atoms with Gasteiger partial charge >= 0.3 is 0 Å². The first-order valence-corrected chi connectivity index (χ1v) is 24.6. The predicted octanol–water partition coefficient (Wildman–Crippen LogP) is 18.1. The number of anilines is 4. The summed E-state index contributed by atoms with van der Waals surface area (Å²) < 4.78 is 0. The second kappa shape index (κ2) is 20.0. The van der Waals surface area contributed by atoms with Crippen LogP contribution in [0.4, 0.5) is 22.7 Å². The van der Waals surface area contributed by atoms with Gasteiger partial charge < -0.3 is 9.80 Å². The van der Waals surface area contributed by atoms with Gasteiger partial charge in [-0.25, -0.2) is 0 Å². The number of benzene rings is 10. The van der Waals surface area contributed by atoms with Gasteiger partial charge in [0.1, 0.15) is 0 Å². The summed E-state index contributed by atoms with van der Waals surface area (Å²) in [4.78, 5) is 4.74. The lowest BCUT2D eigenvalue weighted by atomic mass is 9.69. The van der Waals surface area contributed by atoms with E-state index in [9.17, 15) is 0 Å². The Bertz CT molecular complexity index is 3120. The molecule has 0 aromatic heterocycles. The highest BCUT2D eigenvalue weighted by atomic mass is 15.1. The Hall–Kier alpha value is -8.20. The summed E-state index contributed by atoms with van der Waals surface area (Å²) in [5.74, 6) is 0. The van der Waals surface area contributed by atoms with Crippen LogP contribution in [0.15, 0.2) is 267 Å². The SMILES string of the molecule is C(=C(c1ccccc1)c1cccc2ccccc12)N(c1ccccc1)c1ccc(C2(c3ccc(N(C=C(c4ccccc4)c4cccc5ccccc45)c4ccccc4)cc3)CCCCCC2)cc1. The van der Waals surface area contributed by atoms with Crippen LogP contribution in [0.25, 0.3) is 32.7 Å². The van der Waals surface area contributed by atoms with Gasteiger partial charge in [0.2, 0.25) is 0 Å². The second-order valence-electron chi connectivity index (χ2n) is 18.4. The van der Waals surface area contributed by atoms with Crippen molar-refractivity contribution in [2.45, 2.75) is 43.9 Å². The molecule has 0 amide bonds. The smallest absolute Gasteiger partial charge is 0.0455 e. The largest absolute Gasteiger partial charge is 0.317 e. The fraction of sp³-hybridized carbons (Fsp3) is 0.104. The molecule has 2 heteroatoms. The van der Waals surface area contributed by atoms with Crippen molar-refractivity contribution in [2.75, 3.05) is 9.80 Å². The molecule has 0 heterocycles. The van der Waals surface area contributed by atoms with Crippen LogP contribution in [-0.4, -0.2) is 0 Å². The number of rotatable bonds is 12. The minimum absolute atomic E-state index is 0.106. The summed E-state index contributed by atoms with van der Waals surface area (Å²) in [6.07, 6.45) is 11.9. The lowest BCUT2D eigenvalue weighted by Crippen LogP contribution is -2.27. The third-order valence-corrected chi connectivity index (χ3v) is 14.3. The first kappa shape index (κ1) is 43.4. The highest BCUT2D eigenvalue weighted by Crippen LogP contribution is 2.46. The van der Waals surface area contributed by atoms with Crippen LogP contribution in [0, 0.1) is 0 Å². The fourth-order valence-corrected chi connectivity index (χ4v) is 10.7. The summed E-state index contributed by atoms with van der Waals surface area (Å²) in [6.45, 7) is 0. The van der Waals surface area contributed by atoms with Gasteiger partial charge in [-0.15, -0.1) is 0 Å². The molecular formula is C67H56N2. The van der Waals surface area contributed by atoms with Crippen molar-refractivity contribution in [2.24, 2.45) is 0 Å². The van der Waals surface area contributed by atoms with Crippen LogP contribution in [0.3, 0.4) is 0 Å². The molecule has 0 bridgehead atoms. The molecule has 2 nitrogen and oxygen atoms in total. The molecular weight excluding hydrogens is 833 g/mol. The molecule has 10 aromatic carbocycles. The van der Waals surface area contributed by atoms with Crippen LogP contribution in [0.5, 0.6) is 0 Å². The molecule has 10 aromatic rings. The number of hydrogen-bond donors (Lipinski definition) is 0. The van der Waals surface area contributed by atoms with Crippen molar-refractivity contribution < 1.29 is 0 Å². The van der Waals surface area contributed by atoms with Gasteiger partial charge in [0.05, 0.1) is 0 Å². The van der Waals surface area contributed by atoms with Crippen LogP contribution in [0.1, 0.15) is 71.9 Å². The Kier molecular flexibility index (Phi) is 12.5. The van der Waals surface area contributed by atoms with E-state index in [4.69, 9.17) is 0 Å². The van der Waals surface area contributed by atoms with Crippen LogP contribution >= 0.6 is 0 Å². The van der Waals surface area contributed by atoms with E-state index in [1.807, 2.05) is 0 Å². The molecule has 1 aliphatic carbocycles. The zero-order valence-corrected chi connectivity index (χ0v) is 39.0. The molecule has 334 valence electrons. The number of nitrogens with zero attached hydrogens (tertiary/aromatic N) is 2. The molecule has 69 heavy (non-hydrogen) atoms. The highest BCUT2D eigenvalue weighted by molar-refractivity contribution is 6.00. The zero-order chi connectivity index (χ0) is 46.2. The van der Waals surface area contributed by atoms with Gasteiger partial charge in [-0.05, 0) is 116 Å². The van der Waals surface area contributed by atoms with E-state index in [0.29, 0.717) is 0 Å². The van der Waals surface area contributed by atoms with E-state index >= 15 is 0 Å². The number of fused-ring (bicyclic) bond motifs is 2. The predicted molar refractivity (Wildman–Crippen MR) is 293 cm³/mol. The molecule has 0 unspecified atom stereocenters. The molecule has 0 saturated heterocycles. The topological polar surface area (TPSA) is 6.48 Å². The third-order valence-electron chi connectivity index (χ3n) is 14.3. The summed E-state index contributed by atoms with van der Waals surface area (Å²) in [5, 5.41) is 4.95. The Labute approximate surface area is 407 Å². The maximum absolute atomic E-state index is 2.42. The van der Waals surface area contributed by atoms with Crippen molar-refractivity contribution >= 4 is 55.4 Å². The molecule has 0 spiro atoms. The summed E-state index contributed by atoms with van der Waals surface area (Å²) in [5.41, 5.74) is 14.3. The van der Waals surface area contributed by atoms with Gasteiger partial charge in [0.25, 0.3) is 0 Å². The monoisotopic (exact) mass is 888 g/mol. The molecule has 1 fully saturated rings. The Morgan fingerprint density at radius 1 is 0.304 bits per heavy atom. The first-order chi connectivity index (χ1) is 34.2. The number of hydrogen-bond acceptors (Lipinski definition) is 2. The average Bonchev–Trinajstić information content (AvgIpc) is 3.70. The van der Waals surface area contributed by atoms with E-state index in [0.717, 1.165) is 35.6 Å². The molecule has 0 radical (unpaired) electrons. The van der Waals surface area contributed by atoms with Gasteiger partial charge in [-0.3, -0.25) is 0 Å². The molecule has 0 N–H and O–H groups in total. The van der Waals surface area contributed by atoms with E-state index in [2.05, 4.69) is 277 Å². The zero-order valence-electron chi connectivity index (χ0n) is 39.0. The third kappa shape index (κ3) is 9.02. The van der Waals surface area contributed by atoms with Gasteiger partial charge in [-0.1, -0.05) is 232 Å². The Morgan fingerprint density at radius 3 is 1.04 bits per heavy atom. The second-order valence-corrected chi connectivity index (χ2v) is 18.4. The average molecular weight is 889 g/mol. The van der Waals surface area contributed by atoms with Gasteiger partial charge in [0.15, 0.2) is 0 Å². The maximum Gasteiger partial charge on any atom is 0.0455 e. The quantitative estimate of drug-likeness (QED) is 0.113. The fourth-order valence-electron chi connectivity index (χ4n) is 10.7. The van der Waals surface area contributed by atoms with E-state index in [-0.39, 0.29) is 5.41 Å². The standard InChI is InChI=1S/C67H56N2/c1-2-20-48-67(47-19-1,55-39-43-59(44-40-55)68(57-31-11-5-12-32-57)49-65(53-23-7-3-8-24-53)63-37-21-29-51-27-15-17-35-61(51)63)56-41-45-60(46-42-56)69(58-33-13-6-14-34-58)50-66(54-25-9-4-10-26-54)64-38-22-30-52-28-16-18-36-62(52)64/h3-18,21-46,49-50H,1-2,19-20,47-48H2. The van der Waals surface area contributed by atoms with Gasteiger partial charge in [-0.2, -0.15) is 0 Å². The lowest BCUT2D eigenvalue weighted by Gasteiger charge is -2.35. The summed E-state index contributed by atoms with van der Waals surface area (Å²) in [7, 11) is 0. The minimum Gasteiger partial charge on any atom is -0.317 e. The van der Waals surface area contributed by atoms with E-state index in [1.165, 1.54) is 91.8 Å². The van der Waals surface area contributed by atoms with Crippen molar-refractivity contribution in [3.8, 4) is 0 Å². The minimum atomic E-state index is -0.106. The van der Waals surface area contributed by atoms with Crippen molar-refractivity contribution in [3.05, 3.63) is 301 Å². The molecule has 1 saturated carbocycles. The Balaban J connectivity index is 1.00. The van der Waals surface area contributed by atoms with Crippen molar-refractivity contribution in [3.63, 3.8) is 0 Å². The number of para-hydroxylation sites is 2. The summed E-state index contributed by atoms with van der Waals surface area (Å²) >= 11 is 0. The highest BCUT2D eigenvalue weighted by Gasteiger charge is 2.35. The van der Waals surface area contributed by atoms with Crippen LogP contribution in [-0.2, 0) is 5.41 Å².